The number of rotatable bonds is 7. The SMILES string of the molecule is [N-]=[N+]=Nc1n(OCc2ccccc2)cc[n+]1OCc1ccccc1. The Balaban J connectivity index is 1.71. The Labute approximate surface area is 138 Å². The van der Waals surface area contributed by atoms with Crippen molar-refractivity contribution in [3.05, 3.63) is 94.6 Å². The molecule has 0 N–H and O–H groups in total. The summed E-state index contributed by atoms with van der Waals surface area (Å²) in [6, 6.07) is 19.4. The van der Waals surface area contributed by atoms with Crippen LogP contribution in [0.15, 0.2) is 78.2 Å². The van der Waals surface area contributed by atoms with Crippen molar-refractivity contribution >= 4 is 5.95 Å². The van der Waals surface area contributed by atoms with E-state index in [0.717, 1.165) is 11.1 Å². The summed E-state index contributed by atoms with van der Waals surface area (Å²) in [7, 11) is 0. The van der Waals surface area contributed by atoms with E-state index in [1.165, 1.54) is 9.46 Å². The molecular formula is C17H16N5O2+. The molecule has 0 bridgehead atoms. The molecule has 0 unspecified atom stereocenters. The molecule has 0 aliphatic heterocycles. The van der Waals surface area contributed by atoms with E-state index in [4.69, 9.17) is 15.2 Å². The first kappa shape index (κ1) is 15.5. The quantitative estimate of drug-likeness (QED) is 0.290. The van der Waals surface area contributed by atoms with Gasteiger partial charge in [0.25, 0.3) is 0 Å². The molecule has 7 heteroatoms. The Morgan fingerprint density at radius 1 is 0.958 bits per heavy atom. The van der Waals surface area contributed by atoms with E-state index >= 15 is 0 Å². The third-order valence-corrected chi connectivity index (χ3v) is 3.29. The van der Waals surface area contributed by atoms with Crippen LogP contribution in [0.5, 0.6) is 0 Å². The van der Waals surface area contributed by atoms with Crippen molar-refractivity contribution < 1.29 is 14.4 Å². The van der Waals surface area contributed by atoms with E-state index in [2.05, 4.69) is 10.0 Å². The van der Waals surface area contributed by atoms with E-state index < -0.39 is 0 Å². The van der Waals surface area contributed by atoms with Crippen LogP contribution in [-0.2, 0) is 13.2 Å². The number of nitrogens with zero attached hydrogens (tertiary/aromatic N) is 5. The number of aromatic nitrogens is 2. The second-order valence-electron chi connectivity index (χ2n) is 4.96. The summed E-state index contributed by atoms with van der Waals surface area (Å²) in [6.45, 7) is 0.699. The van der Waals surface area contributed by atoms with Crippen LogP contribution in [0.1, 0.15) is 11.1 Å². The summed E-state index contributed by atoms with van der Waals surface area (Å²) in [4.78, 5) is 14.2. The number of imidazole rings is 1. The lowest BCUT2D eigenvalue weighted by Gasteiger charge is -2.02. The topological polar surface area (TPSA) is 76.0 Å². The van der Waals surface area contributed by atoms with Crippen LogP contribution < -0.4 is 14.4 Å². The predicted molar refractivity (Wildman–Crippen MR) is 86.9 cm³/mol. The molecule has 0 amide bonds. The Bertz CT molecular complexity index is 766. The molecule has 3 aromatic rings. The minimum Gasteiger partial charge on any atom is -0.352 e. The van der Waals surface area contributed by atoms with E-state index in [1.54, 1.807) is 12.4 Å². The van der Waals surface area contributed by atoms with Gasteiger partial charge in [0.05, 0.1) is 0 Å². The first-order valence-corrected chi connectivity index (χ1v) is 7.39. The maximum atomic E-state index is 8.78. The largest absolute Gasteiger partial charge is 0.557 e. The number of azide groups is 1. The lowest BCUT2D eigenvalue weighted by molar-refractivity contribution is -0.885. The van der Waals surface area contributed by atoms with Crippen LogP contribution in [0.3, 0.4) is 0 Å². The maximum Gasteiger partial charge on any atom is 0.557 e. The van der Waals surface area contributed by atoms with Crippen LogP contribution >= 0.6 is 0 Å². The standard InChI is InChI=1S/C17H16N5O2/c18-20-19-17-21(23-13-15-7-3-1-4-8-15)11-12-22(17)24-14-16-9-5-2-6-10-16/h1-12H,13-14H2/q+1. The van der Waals surface area contributed by atoms with Crippen LogP contribution in [0.2, 0.25) is 0 Å². The molecular weight excluding hydrogens is 306 g/mol. The molecule has 120 valence electrons. The van der Waals surface area contributed by atoms with Crippen molar-refractivity contribution in [2.75, 3.05) is 0 Å². The van der Waals surface area contributed by atoms with E-state index in [0.29, 0.717) is 13.2 Å². The van der Waals surface area contributed by atoms with Crippen molar-refractivity contribution in [3.8, 4) is 0 Å². The summed E-state index contributed by atoms with van der Waals surface area (Å²) in [6.07, 6.45) is 3.27. The molecule has 2 aromatic carbocycles. The van der Waals surface area contributed by atoms with Crippen molar-refractivity contribution in [1.82, 2.24) is 4.73 Å². The smallest absolute Gasteiger partial charge is 0.352 e. The Hall–Kier alpha value is -3.44. The van der Waals surface area contributed by atoms with Crippen LogP contribution in [0, 0.1) is 0 Å². The van der Waals surface area contributed by atoms with E-state index in [-0.39, 0.29) is 5.95 Å². The van der Waals surface area contributed by atoms with E-state index in [9.17, 15) is 0 Å². The van der Waals surface area contributed by atoms with Crippen LogP contribution in [0.25, 0.3) is 10.4 Å². The van der Waals surface area contributed by atoms with Gasteiger partial charge in [0.2, 0.25) is 4.91 Å². The highest BCUT2D eigenvalue weighted by molar-refractivity contribution is 5.14. The fraction of sp³-hybridized carbons (Fsp3) is 0.118. The maximum absolute atomic E-state index is 8.78. The molecule has 0 spiro atoms. The molecule has 0 saturated carbocycles. The number of benzene rings is 2. The summed E-state index contributed by atoms with van der Waals surface area (Å²) in [5, 5.41) is 3.65. The lowest BCUT2D eigenvalue weighted by Crippen LogP contribution is -2.41. The van der Waals surface area contributed by atoms with E-state index in [1.807, 2.05) is 60.7 Å². The van der Waals surface area contributed by atoms with Crippen LogP contribution in [0.4, 0.5) is 5.95 Å². The van der Waals surface area contributed by atoms with Gasteiger partial charge in [-0.25, -0.2) is 0 Å². The second-order valence-corrected chi connectivity index (χ2v) is 4.96. The molecule has 1 heterocycles. The zero-order chi connectivity index (χ0) is 16.6. The number of hydrogen-bond acceptors (Lipinski definition) is 3. The van der Waals surface area contributed by atoms with Gasteiger partial charge in [0, 0.05) is 5.53 Å². The molecule has 0 radical (unpaired) electrons. The first-order valence-electron chi connectivity index (χ1n) is 7.39. The molecule has 0 aliphatic rings. The Kier molecular flexibility index (Phi) is 4.97. The highest BCUT2D eigenvalue weighted by Crippen LogP contribution is 2.07. The van der Waals surface area contributed by atoms with Gasteiger partial charge < -0.3 is 9.68 Å². The Morgan fingerprint density at radius 3 is 2.21 bits per heavy atom. The monoisotopic (exact) mass is 322 g/mol. The van der Waals surface area contributed by atoms with Crippen molar-refractivity contribution in [1.29, 1.82) is 0 Å². The first-order chi connectivity index (χ1) is 11.9. The zero-order valence-electron chi connectivity index (χ0n) is 12.9. The van der Waals surface area contributed by atoms with Gasteiger partial charge in [-0.1, -0.05) is 60.7 Å². The molecule has 3 rings (SSSR count). The fourth-order valence-corrected chi connectivity index (χ4v) is 2.12. The van der Waals surface area contributed by atoms with Crippen molar-refractivity contribution in [3.63, 3.8) is 0 Å². The Morgan fingerprint density at radius 2 is 1.58 bits per heavy atom. The minimum absolute atomic E-state index is 0.212. The highest BCUT2D eigenvalue weighted by atomic mass is 16.7. The molecule has 1 aromatic heterocycles. The summed E-state index contributed by atoms with van der Waals surface area (Å²) >= 11 is 0. The van der Waals surface area contributed by atoms with Crippen LogP contribution in [-0.4, -0.2) is 4.73 Å². The molecule has 0 fully saturated rings. The summed E-state index contributed by atoms with van der Waals surface area (Å²) < 4.78 is 2.77. The molecule has 0 atom stereocenters. The minimum atomic E-state index is 0.212. The van der Waals surface area contributed by atoms with Crippen molar-refractivity contribution in [2.45, 2.75) is 13.2 Å². The molecule has 0 saturated heterocycles. The lowest BCUT2D eigenvalue weighted by atomic mass is 10.2. The molecule has 7 nitrogen and oxygen atoms in total. The van der Waals surface area contributed by atoms with Gasteiger partial charge in [-0.05, 0) is 20.6 Å². The molecule has 24 heavy (non-hydrogen) atoms. The van der Waals surface area contributed by atoms with Crippen molar-refractivity contribution in [2.24, 2.45) is 5.11 Å². The third-order valence-electron chi connectivity index (χ3n) is 3.29. The van der Waals surface area contributed by atoms with Gasteiger partial charge in [-0.15, -0.1) is 0 Å². The zero-order valence-corrected chi connectivity index (χ0v) is 12.9. The van der Waals surface area contributed by atoms with Gasteiger partial charge in [-0.3, -0.25) is 0 Å². The average Bonchev–Trinajstić information content (AvgIpc) is 3.02. The van der Waals surface area contributed by atoms with Gasteiger partial charge in [-0.2, -0.15) is 0 Å². The van der Waals surface area contributed by atoms with Gasteiger partial charge in [0.1, 0.15) is 12.4 Å². The third kappa shape index (κ3) is 3.85. The highest BCUT2D eigenvalue weighted by Gasteiger charge is 2.25. The van der Waals surface area contributed by atoms with Gasteiger partial charge in [0.15, 0.2) is 13.2 Å². The molecule has 0 aliphatic carbocycles. The summed E-state index contributed by atoms with van der Waals surface area (Å²) in [5.41, 5.74) is 10.8. The summed E-state index contributed by atoms with van der Waals surface area (Å²) in [5.74, 6) is 0.212. The second kappa shape index (κ2) is 7.71. The number of hydrogen-bond donors (Lipinski definition) is 0. The fourth-order valence-electron chi connectivity index (χ4n) is 2.12. The normalized spacial score (nSPS) is 10.0. The van der Waals surface area contributed by atoms with Gasteiger partial charge >= 0.3 is 11.1 Å². The predicted octanol–water partition coefficient (Wildman–Crippen LogP) is 2.98. The average molecular weight is 322 g/mol.